The minimum Gasteiger partial charge on any atom is -0.469 e. The van der Waals surface area contributed by atoms with Crippen LogP contribution < -0.4 is 0 Å². The normalized spacial score (nSPS) is 9.79. The molecule has 0 aliphatic carbocycles. The first kappa shape index (κ1) is 15.1. The van der Waals surface area contributed by atoms with Crippen LogP contribution >= 0.6 is 11.6 Å². The molecule has 6 nitrogen and oxygen atoms in total. The maximum Gasteiger partial charge on any atom is 0.340 e. The van der Waals surface area contributed by atoms with Gasteiger partial charge >= 0.3 is 11.9 Å². The highest BCUT2D eigenvalue weighted by Crippen LogP contribution is 2.06. The van der Waals surface area contributed by atoms with Gasteiger partial charge in [-0.05, 0) is 12.1 Å². The number of rotatable bonds is 6. The summed E-state index contributed by atoms with van der Waals surface area (Å²) in [5.74, 6) is -1.52. The summed E-state index contributed by atoms with van der Waals surface area (Å²) in [5, 5.41) is 0.255. The summed E-state index contributed by atoms with van der Waals surface area (Å²) in [7, 11) is 1.24. The molecule has 19 heavy (non-hydrogen) atoms. The number of esters is 2. The second-order valence-corrected chi connectivity index (χ2v) is 3.95. The van der Waals surface area contributed by atoms with Crippen molar-refractivity contribution in [3.05, 3.63) is 29.0 Å². The fraction of sp³-hybridized carbons (Fsp3) is 0.333. The van der Waals surface area contributed by atoms with Gasteiger partial charge < -0.3 is 9.47 Å². The molecule has 0 atom stereocenters. The Morgan fingerprint density at radius 1 is 1.26 bits per heavy atom. The predicted molar refractivity (Wildman–Crippen MR) is 65.8 cm³/mol. The van der Waals surface area contributed by atoms with Crippen LogP contribution in [0.3, 0.4) is 0 Å². The minimum absolute atomic E-state index is 0.0289. The van der Waals surface area contributed by atoms with Crippen molar-refractivity contribution in [2.75, 3.05) is 13.7 Å². The van der Waals surface area contributed by atoms with Crippen LogP contribution in [0, 0.1) is 0 Å². The van der Waals surface area contributed by atoms with Gasteiger partial charge in [-0.3, -0.25) is 9.59 Å². The van der Waals surface area contributed by atoms with Crippen LogP contribution in [0.4, 0.5) is 0 Å². The van der Waals surface area contributed by atoms with Gasteiger partial charge in [0, 0.05) is 12.6 Å². The molecule has 0 amide bonds. The Kier molecular flexibility index (Phi) is 5.95. The van der Waals surface area contributed by atoms with Gasteiger partial charge in [0.15, 0.2) is 5.78 Å². The molecule has 0 aliphatic rings. The molecule has 102 valence electrons. The summed E-state index contributed by atoms with van der Waals surface area (Å²) in [5.41, 5.74) is 0.199. The van der Waals surface area contributed by atoms with E-state index in [4.69, 9.17) is 16.3 Å². The molecule has 0 radical (unpaired) electrons. The first-order valence-corrected chi connectivity index (χ1v) is 5.78. The van der Waals surface area contributed by atoms with Gasteiger partial charge in [0.1, 0.15) is 11.8 Å². The molecule has 0 saturated heterocycles. The van der Waals surface area contributed by atoms with Crippen LogP contribution in [-0.4, -0.2) is 36.4 Å². The number of hydrogen-bond acceptors (Lipinski definition) is 6. The van der Waals surface area contributed by atoms with E-state index in [1.165, 1.54) is 25.4 Å². The Morgan fingerprint density at radius 3 is 2.58 bits per heavy atom. The van der Waals surface area contributed by atoms with Crippen molar-refractivity contribution < 1.29 is 23.9 Å². The second-order valence-electron chi connectivity index (χ2n) is 3.56. The number of aromatic nitrogens is 1. The van der Waals surface area contributed by atoms with Crippen molar-refractivity contribution in [3.8, 4) is 0 Å². The molecule has 1 rings (SSSR count). The van der Waals surface area contributed by atoms with E-state index in [1.54, 1.807) is 0 Å². The van der Waals surface area contributed by atoms with E-state index in [2.05, 4.69) is 9.72 Å². The number of methoxy groups -OCH3 is 1. The number of ketones is 1. The summed E-state index contributed by atoms with van der Waals surface area (Å²) in [6, 6.07) is 2.88. The van der Waals surface area contributed by atoms with Crippen LogP contribution in [-0.2, 0) is 19.1 Å². The molecule has 1 heterocycles. The number of pyridine rings is 1. The van der Waals surface area contributed by atoms with Crippen LogP contribution in [0.2, 0.25) is 5.15 Å². The highest BCUT2D eigenvalue weighted by Gasteiger charge is 2.12. The summed E-state index contributed by atoms with van der Waals surface area (Å²) >= 11 is 5.57. The van der Waals surface area contributed by atoms with E-state index in [9.17, 15) is 14.4 Å². The van der Waals surface area contributed by atoms with Crippen molar-refractivity contribution in [1.82, 2.24) is 4.98 Å². The van der Waals surface area contributed by atoms with Crippen molar-refractivity contribution in [3.63, 3.8) is 0 Å². The summed E-state index contributed by atoms with van der Waals surface area (Å²) in [6.45, 7) is -0.390. The number of Topliss-reactive ketones (excluding diaryl/α,β-unsaturated/α-hetero) is 1. The smallest absolute Gasteiger partial charge is 0.340 e. The van der Waals surface area contributed by atoms with Gasteiger partial charge in [-0.25, -0.2) is 9.78 Å². The Morgan fingerprint density at radius 2 is 2.00 bits per heavy atom. The lowest BCUT2D eigenvalue weighted by atomic mass is 10.2. The largest absolute Gasteiger partial charge is 0.469 e. The molecule has 0 bridgehead atoms. The fourth-order valence-electron chi connectivity index (χ4n) is 1.14. The first-order chi connectivity index (χ1) is 9.02. The predicted octanol–water partition coefficient (Wildman–Crippen LogP) is 1.41. The molecule has 0 spiro atoms. The van der Waals surface area contributed by atoms with Crippen molar-refractivity contribution in [2.24, 2.45) is 0 Å². The third kappa shape index (κ3) is 5.48. The number of ether oxygens (including phenoxy) is 2. The van der Waals surface area contributed by atoms with Crippen molar-refractivity contribution >= 4 is 29.3 Å². The number of nitrogens with zero attached hydrogens (tertiary/aromatic N) is 1. The van der Waals surface area contributed by atoms with Crippen LogP contribution in [0.1, 0.15) is 23.2 Å². The van der Waals surface area contributed by atoms with Crippen LogP contribution in [0.5, 0.6) is 0 Å². The van der Waals surface area contributed by atoms with E-state index in [1.807, 2.05) is 0 Å². The average Bonchev–Trinajstić information content (AvgIpc) is 2.42. The lowest BCUT2D eigenvalue weighted by Gasteiger charge is -2.03. The van der Waals surface area contributed by atoms with Crippen molar-refractivity contribution in [2.45, 2.75) is 12.8 Å². The number of hydrogen-bond donors (Lipinski definition) is 0. The summed E-state index contributed by atoms with van der Waals surface area (Å²) in [6.07, 6.45) is 1.19. The zero-order valence-corrected chi connectivity index (χ0v) is 11.0. The fourth-order valence-corrected chi connectivity index (χ4v) is 1.25. The molecule has 0 fully saturated rings. The number of carbonyl (C=O) groups is 3. The molecule has 1 aromatic rings. The molecular weight excluding hydrogens is 274 g/mol. The molecule has 0 N–H and O–H groups in total. The molecule has 0 unspecified atom stereocenters. The van der Waals surface area contributed by atoms with Crippen LogP contribution in [0.25, 0.3) is 0 Å². The average molecular weight is 286 g/mol. The first-order valence-electron chi connectivity index (χ1n) is 5.40. The lowest BCUT2D eigenvalue weighted by Crippen LogP contribution is -2.15. The Balaban J connectivity index is 2.36. The zero-order chi connectivity index (χ0) is 14.3. The third-order valence-corrected chi connectivity index (χ3v) is 2.39. The van der Waals surface area contributed by atoms with Gasteiger partial charge in [-0.1, -0.05) is 11.6 Å². The van der Waals surface area contributed by atoms with Gasteiger partial charge in [0.25, 0.3) is 0 Å². The molecule has 7 heteroatoms. The highest BCUT2D eigenvalue weighted by atomic mass is 35.5. The zero-order valence-electron chi connectivity index (χ0n) is 10.2. The van der Waals surface area contributed by atoms with Gasteiger partial charge in [0.2, 0.25) is 0 Å². The Hall–Kier alpha value is -1.95. The third-order valence-electron chi connectivity index (χ3n) is 2.16. The molecule has 0 aromatic carbocycles. The standard InChI is InChI=1S/C12H12ClNO5/c1-18-11(16)5-3-9(15)7-19-12(17)8-2-4-10(13)14-6-8/h2,4,6H,3,5,7H2,1H3. The number of carbonyl (C=O) groups excluding carboxylic acids is 3. The summed E-state index contributed by atoms with van der Waals surface area (Å²) < 4.78 is 9.16. The Labute approximate surface area is 114 Å². The molecule has 1 aromatic heterocycles. The Bertz CT molecular complexity index is 472. The molecule has 0 saturated carbocycles. The highest BCUT2D eigenvalue weighted by molar-refractivity contribution is 6.29. The van der Waals surface area contributed by atoms with E-state index in [0.717, 1.165) is 0 Å². The van der Waals surface area contributed by atoms with Gasteiger partial charge in [-0.15, -0.1) is 0 Å². The maximum absolute atomic E-state index is 11.5. The minimum atomic E-state index is -0.671. The SMILES string of the molecule is COC(=O)CCC(=O)COC(=O)c1ccc(Cl)nc1. The molecular formula is C12H12ClNO5. The topological polar surface area (TPSA) is 82.6 Å². The van der Waals surface area contributed by atoms with Crippen molar-refractivity contribution in [1.29, 1.82) is 0 Å². The monoisotopic (exact) mass is 285 g/mol. The van der Waals surface area contributed by atoms with E-state index < -0.39 is 18.5 Å². The van der Waals surface area contributed by atoms with Gasteiger partial charge in [0.05, 0.1) is 19.1 Å². The van der Waals surface area contributed by atoms with E-state index in [0.29, 0.717) is 0 Å². The second kappa shape index (κ2) is 7.48. The van der Waals surface area contributed by atoms with Gasteiger partial charge in [-0.2, -0.15) is 0 Å². The quantitative estimate of drug-likeness (QED) is 0.580. The van der Waals surface area contributed by atoms with E-state index in [-0.39, 0.29) is 29.3 Å². The number of halogens is 1. The van der Waals surface area contributed by atoms with Crippen LogP contribution in [0.15, 0.2) is 18.3 Å². The summed E-state index contributed by atoms with van der Waals surface area (Å²) in [4.78, 5) is 37.4. The lowest BCUT2D eigenvalue weighted by molar-refractivity contribution is -0.142. The molecule has 0 aliphatic heterocycles. The maximum atomic E-state index is 11.5. The van der Waals surface area contributed by atoms with E-state index >= 15 is 0 Å².